The van der Waals surface area contributed by atoms with E-state index in [9.17, 15) is 4.79 Å². The molecule has 1 aromatic carbocycles. The normalized spacial score (nSPS) is 9.88. The van der Waals surface area contributed by atoms with Crippen LogP contribution >= 0.6 is 11.8 Å². The largest absolute Gasteiger partial charge is 0.497 e. The molecule has 88 valence electrons. The fraction of sp³-hybridized carbons (Fsp3) is 0.417. The fourth-order valence-electron chi connectivity index (χ4n) is 1.16. The second-order valence-electron chi connectivity index (χ2n) is 3.32. The Labute approximate surface area is 101 Å². The van der Waals surface area contributed by atoms with Crippen LogP contribution in [0.2, 0.25) is 0 Å². The molecule has 0 aromatic heterocycles. The van der Waals surface area contributed by atoms with Crippen LogP contribution in [0.3, 0.4) is 0 Å². The summed E-state index contributed by atoms with van der Waals surface area (Å²) < 4.78 is 5.11. The SMILES string of the molecule is CCCNC(=O)CSc1cccc(OC)c1. The van der Waals surface area contributed by atoms with E-state index in [1.54, 1.807) is 7.11 Å². The first-order valence-corrected chi connectivity index (χ1v) is 6.28. The van der Waals surface area contributed by atoms with Gasteiger partial charge in [-0.05, 0) is 24.6 Å². The summed E-state index contributed by atoms with van der Waals surface area (Å²) in [6.07, 6.45) is 0.968. The zero-order valence-electron chi connectivity index (χ0n) is 9.66. The summed E-state index contributed by atoms with van der Waals surface area (Å²) in [6.45, 7) is 2.78. The molecule has 0 aliphatic rings. The lowest BCUT2D eigenvalue weighted by Crippen LogP contribution is -2.25. The Bertz CT molecular complexity index is 342. The van der Waals surface area contributed by atoms with Crippen LogP contribution in [0.25, 0.3) is 0 Å². The van der Waals surface area contributed by atoms with E-state index in [-0.39, 0.29) is 5.91 Å². The molecule has 0 atom stereocenters. The van der Waals surface area contributed by atoms with Crippen molar-refractivity contribution in [2.45, 2.75) is 18.2 Å². The topological polar surface area (TPSA) is 38.3 Å². The van der Waals surface area contributed by atoms with E-state index in [1.165, 1.54) is 11.8 Å². The molecule has 0 saturated heterocycles. The lowest BCUT2D eigenvalue weighted by atomic mass is 10.3. The van der Waals surface area contributed by atoms with Crippen LogP contribution in [0.15, 0.2) is 29.2 Å². The van der Waals surface area contributed by atoms with Crippen LogP contribution in [-0.4, -0.2) is 25.3 Å². The number of carbonyl (C=O) groups excluding carboxylic acids is 1. The van der Waals surface area contributed by atoms with E-state index in [4.69, 9.17) is 4.74 Å². The van der Waals surface area contributed by atoms with Crippen LogP contribution < -0.4 is 10.1 Å². The minimum atomic E-state index is 0.0784. The third-order valence-corrected chi connectivity index (χ3v) is 2.98. The van der Waals surface area contributed by atoms with E-state index >= 15 is 0 Å². The highest BCUT2D eigenvalue weighted by molar-refractivity contribution is 8.00. The number of carbonyl (C=O) groups is 1. The number of benzene rings is 1. The second-order valence-corrected chi connectivity index (χ2v) is 4.37. The Morgan fingerprint density at radius 2 is 2.31 bits per heavy atom. The summed E-state index contributed by atoms with van der Waals surface area (Å²) >= 11 is 1.52. The zero-order valence-corrected chi connectivity index (χ0v) is 10.5. The predicted octanol–water partition coefficient (Wildman–Crippen LogP) is 2.31. The number of methoxy groups -OCH3 is 1. The average Bonchev–Trinajstić information content (AvgIpc) is 2.34. The van der Waals surface area contributed by atoms with E-state index in [2.05, 4.69) is 5.32 Å². The molecule has 16 heavy (non-hydrogen) atoms. The van der Waals surface area contributed by atoms with Crippen molar-refractivity contribution in [1.82, 2.24) is 5.32 Å². The van der Waals surface area contributed by atoms with Crippen molar-refractivity contribution in [2.75, 3.05) is 19.4 Å². The highest BCUT2D eigenvalue weighted by Gasteiger charge is 2.02. The number of ether oxygens (including phenoxy) is 1. The Balaban J connectivity index is 2.38. The minimum absolute atomic E-state index is 0.0784. The number of rotatable bonds is 6. The molecule has 0 aliphatic carbocycles. The number of thioether (sulfide) groups is 1. The molecular formula is C12H17NO2S. The number of nitrogens with one attached hydrogen (secondary N) is 1. The van der Waals surface area contributed by atoms with Crippen LogP contribution in [0.5, 0.6) is 5.75 Å². The smallest absolute Gasteiger partial charge is 0.230 e. The van der Waals surface area contributed by atoms with Gasteiger partial charge < -0.3 is 10.1 Å². The van der Waals surface area contributed by atoms with Crippen molar-refractivity contribution in [3.63, 3.8) is 0 Å². The van der Waals surface area contributed by atoms with Gasteiger partial charge in [0.05, 0.1) is 12.9 Å². The summed E-state index contributed by atoms with van der Waals surface area (Å²) in [4.78, 5) is 12.4. The van der Waals surface area contributed by atoms with Crippen LogP contribution in [0.1, 0.15) is 13.3 Å². The van der Waals surface area contributed by atoms with Gasteiger partial charge in [-0.25, -0.2) is 0 Å². The molecule has 0 aliphatic heterocycles. The van der Waals surface area contributed by atoms with Gasteiger partial charge in [0.2, 0.25) is 5.91 Å². The average molecular weight is 239 g/mol. The van der Waals surface area contributed by atoms with Gasteiger partial charge in [-0.3, -0.25) is 4.79 Å². The third-order valence-electron chi connectivity index (χ3n) is 1.98. The van der Waals surface area contributed by atoms with Gasteiger partial charge in [0, 0.05) is 11.4 Å². The van der Waals surface area contributed by atoms with E-state index in [0.29, 0.717) is 5.75 Å². The maximum Gasteiger partial charge on any atom is 0.230 e. The molecule has 4 heteroatoms. The summed E-state index contributed by atoms with van der Waals surface area (Å²) in [5.74, 6) is 1.35. The summed E-state index contributed by atoms with van der Waals surface area (Å²) in [6, 6.07) is 7.71. The molecule has 1 N–H and O–H groups in total. The highest BCUT2D eigenvalue weighted by Crippen LogP contribution is 2.22. The molecular weight excluding hydrogens is 222 g/mol. The van der Waals surface area contributed by atoms with Crippen LogP contribution in [-0.2, 0) is 4.79 Å². The van der Waals surface area contributed by atoms with E-state index in [1.807, 2.05) is 31.2 Å². The summed E-state index contributed by atoms with van der Waals surface area (Å²) in [7, 11) is 1.64. The number of amides is 1. The van der Waals surface area contributed by atoms with E-state index in [0.717, 1.165) is 23.6 Å². The monoisotopic (exact) mass is 239 g/mol. The first-order chi connectivity index (χ1) is 7.76. The standard InChI is InChI=1S/C12H17NO2S/c1-3-7-13-12(14)9-16-11-6-4-5-10(8-11)15-2/h4-6,8H,3,7,9H2,1-2H3,(H,13,14). The lowest BCUT2D eigenvalue weighted by molar-refractivity contribution is -0.118. The molecule has 0 unspecified atom stereocenters. The first-order valence-electron chi connectivity index (χ1n) is 5.29. The van der Waals surface area contributed by atoms with Gasteiger partial charge in [0.1, 0.15) is 5.75 Å². The maximum absolute atomic E-state index is 11.4. The maximum atomic E-state index is 11.4. The van der Waals surface area contributed by atoms with Crippen LogP contribution in [0.4, 0.5) is 0 Å². The molecule has 0 spiro atoms. The van der Waals surface area contributed by atoms with Crippen molar-refractivity contribution < 1.29 is 9.53 Å². The summed E-state index contributed by atoms with van der Waals surface area (Å²) in [5.41, 5.74) is 0. The Morgan fingerprint density at radius 1 is 1.50 bits per heavy atom. The molecule has 0 saturated carbocycles. The Kier molecular flexibility index (Phi) is 5.78. The molecule has 1 rings (SSSR count). The van der Waals surface area contributed by atoms with Crippen LogP contribution in [0, 0.1) is 0 Å². The van der Waals surface area contributed by atoms with Gasteiger partial charge in [0.15, 0.2) is 0 Å². The minimum Gasteiger partial charge on any atom is -0.497 e. The molecule has 0 radical (unpaired) electrons. The number of hydrogen-bond donors (Lipinski definition) is 1. The van der Waals surface area contributed by atoms with Crippen molar-refractivity contribution >= 4 is 17.7 Å². The van der Waals surface area contributed by atoms with E-state index < -0.39 is 0 Å². The number of hydrogen-bond acceptors (Lipinski definition) is 3. The van der Waals surface area contributed by atoms with Gasteiger partial charge >= 0.3 is 0 Å². The van der Waals surface area contributed by atoms with Gasteiger partial charge in [-0.1, -0.05) is 13.0 Å². The van der Waals surface area contributed by atoms with Gasteiger partial charge in [-0.2, -0.15) is 0 Å². The molecule has 1 aromatic rings. The quantitative estimate of drug-likeness (QED) is 0.774. The van der Waals surface area contributed by atoms with Crippen molar-refractivity contribution in [3.8, 4) is 5.75 Å². The Hall–Kier alpha value is -1.16. The summed E-state index contributed by atoms with van der Waals surface area (Å²) in [5, 5.41) is 2.84. The predicted molar refractivity (Wildman–Crippen MR) is 67.0 cm³/mol. The molecule has 0 fully saturated rings. The second kappa shape index (κ2) is 7.17. The van der Waals surface area contributed by atoms with Crippen molar-refractivity contribution in [1.29, 1.82) is 0 Å². The van der Waals surface area contributed by atoms with Gasteiger partial charge in [-0.15, -0.1) is 11.8 Å². The molecule has 1 amide bonds. The first kappa shape index (κ1) is 12.9. The highest BCUT2D eigenvalue weighted by atomic mass is 32.2. The Morgan fingerprint density at radius 3 is 3.00 bits per heavy atom. The van der Waals surface area contributed by atoms with Crippen molar-refractivity contribution in [3.05, 3.63) is 24.3 Å². The molecule has 3 nitrogen and oxygen atoms in total. The third kappa shape index (κ3) is 4.57. The zero-order chi connectivity index (χ0) is 11.8. The lowest BCUT2D eigenvalue weighted by Gasteiger charge is -2.05. The fourth-order valence-corrected chi connectivity index (χ4v) is 1.93. The molecule has 0 heterocycles. The molecule has 0 bridgehead atoms. The van der Waals surface area contributed by atoms with Crippen molar-refractivity contribution in [2.24, 2.45) is 0 Å². The van der Waals surface area contributed by atoms with Gasteiger partial charge in [0.25, 0.3) is 0 Å².